The van der Waals surface area contributed by atoms with Crippen molar-refractivity contribution in [3.05, 3.63) is 45.0 Å². The molecule has 0 bridgehead atoms. The average molecular weight is 357 g/mol. The molecule has 0 atom stereocenters. The fraction of sp³-hybridized carbons (Fsp3) is 0.267. The Morgan fingerprint density at radius 1 is 1.22 bits per heavy atom. The van der Waals surface area contributed by atoms with E-state index in [0.717, 1.165) is 11.3 Å². The van der Waals surface area contributed by atoms with Crippen LogP contribution in [0.15, 0.2) is 28.9 Å². The van der Waals surface area contributed by atoms with Gasteiger partial charge in [-0.3, -0.25) is 9.59 Å². The number of thiophene rings is 1. The van der Waals surface area contributed by atoms with Gasteiger partial charge in [0.15, 0.2) is 11.5 Å². The lowest BCUT2D eigenvalue weighted by atomic mass is 10.2. The van der Waals surface area contributed by atoms with Crippen LogP contribution >= 0.6 is 22.9 Å². The number of hydrogen-bond donors (Lipinski definition) is 0. The van der Waals surface area contributed by atoms with Crippen LogP contribution in [0.3, 0.4) is 0 Å². The summed E-state index contributed by atoms with van der Waals surface area (Å²) in [7, 11) is 1.24. The molecule has 0 amide bonds. The summed E-state index contributed by atoms with van der Waals surface area (Å²) in [4.78, 5) is 35.5. The molecule has 0 radical (unpaired) electrons. The predicted octanol–water partition coefficient (Wildman–Crippen LogP) is 3.49. The lowest BCUT2D eigenvalue weighted by Crippen LogP contribution is -2.09. The van der Waals surface area contributed by atoms with Crippen molar-refractivity contribution >= 4 is 40.7 Å². The molecule has 6 nitrogen and oxygen atoms in total. The zero-order valence-electron chi connectivity index (χ0n) is 12.2. The Morgan fingerprint density at radius 2 is 2.00 bits per heavy atom. The molecule has 0 spiro atoms. The molecule has 0 aliphatic carbocycles. The van der Waals surface area contributed by atoms with Crippen LogP contribution in [0.5, 0.6) is 0 Å². The first-order valence-electron chi connectivity index (χ1n) is 6.60. The highest BCUT2D eigenvalue weighted by atomic mass is 35.5. The van der Waals surface area contributed by atoms with E-state index in [2.05, 4.69) is 4.74 Å². The van der Waals surface area contributed by atoms with Gasteiger partial charge in [0.1, 0.15) is 12.2 Å². The zero-order valence-corrected chi connectivity index (χ0v) is 13.7. The molecule has 0 N–H and O–H groups in total. The van der Waals surface area contributed by atoms with Gasteiger partial charge in [0, 0.05) is 6.42 Å². The highest BCUT2D eigenvalue weighted by molar-refractivity contribution is 7.18. The van der Waals surface area contributed by atoms with Crippen LogP contribution in [-0.4, -0.2) is 24.8 Å². The Hall–Kier alpha value is -2.12. The van der Waals surface area contributed by atoms with Gasteiger partial charge in [0.05, 0.1) is 29.0 Å². The minimum Gasteiger partial charge on any atom is -0.465 e. The molecule has 0 aromatic carbocycles. The summed E-state index contributed by atoms with van der Waals surface area (Å²) in [5, 5.41) is 0. The van der Waals surface area contributed by atoms with Gasteiger partial charge in [0.2, 0.25) is 0 Å². The van der Waals surface area contributed by atoms with Crippen LogP contribution in [0.2, 0.25) is 4.34 Å². The van der Waals surface area contributed by atoms with Crippen molar-refractivity contribution in [2.75, 3.05) is 7.11 Å². The number of carbonyl (C=O) groups is 3. The minimum atomic E-state index is -0.574. The molecule has 2 heterocycles. The number of halogens is 1. The summed E-state index contributed by atoms with van der Waals surface area (Å²) < 4.78 is 15.2. The highest BCUT2D eigenvalue weighted by Crippen LogP contribution is 2.23. The number of esters is 2. The number of hydrogen-bond acceptors (Lipinski definition) is 7. The molecule has 8 heteroatoms. The standard InChI is InChI=1S/C15H13ClO6S/c1-20-15(19)9-6-7-21-11(9)8-22-14(18)5-2-10(17)12-3-4-13(16)23-12/h3-4,6-7H,2,5,8H2,1H3. The fourth-order valence-corrected chi connectivity index (χ4v) is 2.78. The van der Waals surface area contributed by atoms with Crippen LogP contribution in [0.1, 0.15) is 38.6 Å². The second-order valence-corrected chi connectivity index (χ2v) is 6.15. The lowest BCUT2D eigenvalue weighted by Gasteiger charge is -2.04. The third-order valence-electron chi connectivity index (χ3n) is 2.92. The first kappa shape index (κ1) is 17.2. The molecule has 0 aliphatic rings. The van der Waals surface area contributed by atoms with Gasteiger partial charge in [-0.15, -0.1) is 11.3 Å². The molecule has 0 unspecified atom stereocenters. The molecular formula is C15H13ClO6S. The van der Waals surface area contributed by atoms with Crippen molar-refractivity contribution in [1.29, 1.82) is 0 Å². The SMILES string of the molecule is COC(=O)c1ccoc1COC(=O)CCC(=O)c1ccc(Cl)s1. The summed E-state index contributed by atoms with van der Waals surface area (Å²) >= 11 is 6.92. The third-order valence-corrected chi connectivity index (χ3v) is 4.19. The van der Waals surface area contributed by atoms with Crippen molar-refractivity contribution in [2.24, 2.45) is 0 Å². The van der Waals surface area contributed by atoms with E-state index in [9.17, 15) is 14.4 Å². The van der Waals surface area contributed by atoms with Crippen LogP contribution < -0.4 is 0 Å². The van der Waals surface area contributed by atoms with E-state index in [1.165, 1.54) is 19.4 Å². The second kappa shape index (κ2) is 7.94. The summed E-state index contributed by atoms with van der Waals surface area (Å²) in [6.45, 7) is -0.199. The minimum absolute atomic E-state index is 0.0255. The quantitative estimate of drug-likeness (QED) is 0.558. The number of ketones is 1. The molecule has 2 aromatic rings. The molecule has 0 saturated carbocycles. The third kappa shape index (κ3) is 4.67. The number of ether oxygens (including phenoxy) is 2. The Balaban J connectivity index is 1.81. The maximum Gasteiger partial charge on any atom is 0.341 e. The van der Waals surface area contributed by atoms with Crippen molar-refractivity contribution < 1.29 is 28.3 Å². The molecule has 0 aliphatic heterocycles. The number of rotatable bonds is 7. The summed E-state index contributed by atoms with van der Waals surface area (Å²) in [6.07, 6.45) is 1.26. The number of furan rings is 1. The lowest BCUT2D eigenvalue weighted by molar-refractivity contribution is -0.145. The smallest absolute Gasteiger partial charge is 0.341 e. The van der Waals surface area contributed by atoms with E-state index in [1.54, 1.807) is 12.1 Å². The van der Waals surface area contributed by atoms with E-state index < -0.39 is 11.9 Å². The molecule has 23 heavy (non-hydrogen) atoms. The topological polar surface area (TPSA) is 82.8 Å². The van der Waals surface area contributed by atoms with Crippen LogP contribution in [0, 0.1) is 0 Å². The van der Waals surface area contributed by atoms with Crippen LogP contribution in [0.25, 0.3) is 0 Å². The van der Waals surface area contributed by atoms with E-state index in [1.807, 2.05) is 0 Å². The summed E-state index contributed by atoms with van der Waals surface area (Å²) in [5.74, 6) is -1.11. The fourth-order valence-electron chi connectivity index (χ4n) is 1.77. The number of Topliss-reactive ketones (excluding diaryl/α,β-unsaturated/α-hetero) is 1. The predicted molar refractivity (Wildman–Crippen MR) is 82.7 cm³/mol. The van der Waals surface area contributed by atoms with Gasteiger partial charge in [-0.2, -0.15) is 0 Å². The second-order valence-electron chi connectivity index (χ2n) is 4.44. The maximum atomic E-state index is 11.8. The van der Waals surface area contributed by atoms with Gasteiger partial charge in [0.25, 0.3) is 0 Å². The number of carbonyl (C=O) groups excluding carboxylic acids is 3. The van der Waals surface area contributed by atoms with Crippen molar-refractivity contribution in [2.45, 2.75) is 19.4 Å². The molecular weight excluding hydrogens is 344 g/mol. The monoisotopic (exact) mass is 356 g/mol. The van der Waals surface area contributed by atoms with Crippen molar-refractivity contribution in [1.82, 2.24) is 0 Å². The van der Waals surface area contributed by atoms with Gasteiger partial charge >= 0.3 is 11.9 Å². The number of methoxy groups -OCH3 is 1. The van der Waals surface area contributed by atoms with Gasteiger partial charge in [-0.1, -0.05) is 11.6 Å². The van der Waals surface area contributed by atoms with E-state index in [-0.39, 0.29) is 36.6 Å². The zero-order chi connectivity index (χ0) is 16.8. The Kier molecular flexibility index (Phi) is 5.95. The first-order valence-corrected chi connectivity index (χ1v) is 7.79. The van der Waals surface area contributed by atoms with E-state index >= 15 is 0 Å². The van der Waals surface area contributed by atoms with Gasteiger partial charge in [-0.25, -0.2) is 4.79 Å². The largest absolute Gasteiger partial charge is 0.465 e. The van der Waals surface area contributed by atoms with Gasteiger partial charge in [-0.05, 0) is 18.2 Å². The van der Waals surface area contributed by atoms with Crippen LogP contribution in [0.4, 0.5) is 0 Å². The molecule has 0 fully saturated rings. The summed E-state index contributed by atoms with van der Waals surface area (Å²) in [5.41, 5.74) is 0.199. The molecule has 122 valence electrons. The summed E-state index contributed by atoms with van der Waals surface area (Å²) in [6, 6.07) is 4.67. The highest BCUT2D eigenvalue weighted by Gasteiger charge is 2.17. The average Bonchev–Trinajstić information content (AvgIpc) is 3.18. The van der Waals surface area contributed by atoms with Gasteiger partial charge < -0.3 is 13.9 Å². The molecule has 2 aromatic heterocycles. The van der Waals surface area contributed by atoms with Crippen LogP contribution in [-0.2, 0) is 20.9 Å². The maximum absolute atomic E-state index is 11.8. The first-order chi connectivity index (χ1) is 11.0. The van der Waals surface area contributed by atoms with Crippen molar-refractivity contribution in [3.63, 3.8) is 0 Å². The normalized spacial score (nSPS) is 10.3. The Bertz CT molecular complexity index is 717. The molecule has 2 rings (SSSR count). The van der Waals surface area contributed by atoms with Crippen molar-refractivity contribution in [3.8, 4) is 0 Å². The Labute approximate surface area is 140 Å². The molecule has 0 saturated heterocycles. The Morgan fingerprint density at radius 3 is 2.65 bits per heavy atom. The van der Waals surface area contributed by atoms with E-state index in [4.69, 9.17) is 20.8 Å². The van der Waals surface area contributed by atoms with E-state index in [0.29, 0.717) is 9.21 Å².